The van der Waals surface area contributed by atoms with Crippen molar-refractivity contribution in [3.63, 3.8) is 0 Å². The molecule has 0 atom stereocenters. The van der Waals surface area contributed by atoms with Crippen LogP contribution in [0.15, 0.2) is 36.4 Å². The highest BCUT2D eigenvalue weighted by Gasteiger charge is 1.79. The normalized spacial score (nSPS) is 10.0. The van der Waals surface area contributed by atoms with Gasteiger partial charge in [0.2, 0.25) is 6.29 Å². The molecule has 1 heteroatoms. The maximum atomic E-state index is 9.77. The Morgan fingerprint density at radius 2 is 1.90 bits per heavy atom. The van der Waals surface area contributed by atoms with Gasteiger partial charge in [-0.25, -0.2) is 0 Å². The summed E-state index contributed by atoms with van der Waals surface area (Å²) >= 11 is 0. The molecule has 0 N–H and O–H groups in total. The van der Waals surface area contributed by atoms with Crippen molar-refractivity contribution < 1.29 is 4.79 Å². The summed E-state index contributed by atoms with van der Waals surface area (Å²) in [6.07, 6.45) is 4.76. The molecule has 1 rings (SSSR count). The lowest BCUT2D eigenvalue weighted by Gasteiger charge is -1.86. The average Bonchev–Trinajstić information content (AvgIpc) is 2.03. The standard InChI is InChI=1S/C9H7O/c10-8-4-7-9-5-2-1-3-6-9/h1-7H/b7-4-. The fraction of sp³-hybridized carbons (Fsp3) is 0. The Balaban J connectivity index is 2.76. The van der Waals surface area contributed by atoms with Gasteiger partial charge in [0, 0.05) is 0 Å². The Morgan fingerprint density at radius 1 is 1.20 bits per heavy atom. The van der Waals surface area contributed by atoms with Gasteiger partial charge in [0.1, 0.15) is 0 Å². The molecule has 1 aromatic carbocycles. The zero-order chi connectivity index (χ0) is 7.23. The number of rotatable bonds is 2. The molecule has 0 heterocycles. The SMILES string of the molecule is O=[C]/C=C\c1ccccc1. The lowest BCUT2D eigenvalue weighted by atomic mass is 10.2. The number of benzene rings is 1. The van der Waals surface area contributed by atoms with E-state index >= 15 is 0 Å². The minimum atomic E-state index is 1.02. The van der Waals surface area contributed by atoms with E-state index in [1.54, 1.807) is 12.4 Å². The largest absolute Gasteiger partial charge is 0.286 e. The molecule has 0 amide bonds. The fourth-order valence-corrected chi connectivity index (χ4v) is 0.694. The lowest BCUT2D eigenvalue weighted by Crippen LogP contribution is -1.67. The Bertz CT molecular complexity index is 224. The van der Waals surface area contributed by atoms with Crippen molar-refractivity contribution in [3.05, 3.63) is 42.0 Å². The summed E-state index contributed by atoms with van der Waals surface area (Å²) in [7, 11) is 0. The third-order valence-electron chi connectivity index (χ3n) is 1.14. The van der Waals surface area contributed by atoms with Gasteiger partial charge in [-0.15, -0.1) is 0 Å². The second kappa shape index (κ2) is 3.62. The molecule has 1 radical (unpaired) electrons. The zero-order valence-corrected chi connectivity index (χ0v) is 5.45. The molecule has 0 aliphatic heterocycles. The van der Waals surface area contributed by atoms with E-state index in [9.17, 15) is 4.79 Å². The summed E-state index contributed by atoms with van der Waals surface area (Å²) in [4.78, 5) is 9.77. The van der Waals surface area contributed by atoms with Crippen LogP contribution >= 0.6 is 0 Å². The highest BCUT2D eigenvalue weighted by Crippen LogP contribution is 1.99. The van der Waals surface area contributed by atoms with Crippen LogP contribution in [0, 0.1) is 0 Å². The van der Waals surface area contributed by atoms with Crippen LogP contribution in [0.25, 0.3) is 6.08 Å². The van der Waals surface area contributed by atoms with E-state index < -0.39 is 0 Å². The Hall–Kier alpha value is -1.37. The van der Waals surface area contributed by atoms with Crippen LogP contribution < -0.4 is 0 Å². The van der Waals surface area contributed by atoms with Crippen LogP contribution in [0.4, 0.5) is 0 Å². The monoisotopic (exact) mass is 131 g/mol. The van der Waals surface area contributed by atoms with Crippen molar-refractivity contribution in [2.75, 3.05) is 0 Å². The van der Waals surface area contributed by atoms with E-state index in [0.29, 0.717) is 0 Å². The third-order valence-corrected chi connectivity index (χ3v) is 1.14. The molecule has 0 unspecified atom stereocenters. The van der Waals surface area contributed by atoms with E-state index in [0.717, 1.165) is 5.56 Å². The zero-order valence-electron chi connectivity index (χ0n) is 5.45. The third kappa shape index (κ3) is 1.86. The van der Waals surface area contributed by atoms with Crippen molar-refractivity contribution in [1.29, 1.82) is 0 Å². The first-order valence-corrected chi connectivity index (χ1v) is 3.03. The van der Waals surface area contributed by atoms with Crippen LogP contribution in [0.2, 0.25) is 0 Å². The topological polar surface area (TPSA) is 17.1 Å². The predicted octanol–water partition coefficient (Wildman–Crippen LogP) is 1.81. The van der Waals surface area contributed by atoms with Gasteiger partial charge in [0.25, 0.3) is 0 Å². The first-order valence-electron chi connectivity index (χ1n) is 3.03. The number of hydrogen-bond acceptors (Lipinski definition) is 1. The number of carbonyl (C=O) groups excluding carboxylic acids is 1. The Morgan fingerprint density at radius 3 is 2.50 bits per heavy atom. The molecule has 0 saturated carbocycles. The van der Waals surface area contributed by atoms with Gasteiger partial charge >= 0.3 is 0 Å². The van der Waals surface area contributed by atoms with Gasteiger partial charge in [0.15, 0.2) is 0 Å². The lowest BCUT2D eigenvalue weighted by molar-refractivity contribution is 0.564. The van der Waals surface area contributed by atoms with E-state index in [2.05, 4.69) is 0 Å². The van der Waals surface area contributed by atoms with Crippen molar-refractivity contribution in [2.24, 2.45) is 0 Å². The Kier molecular flexibility index (Phi) is 2.44. The van der Waals surface area contributed by atoms with Gasteiger partial charge < -0.3 is 0 Å². The molecule has 10 heavy (non-hydrogen) atoms. The number of hydrogen-bond donors (Lipinski definition) is 0. The summed E-state index contributed by atoms with van der Waals surface area (Å²) < 4.78 is 0. The molecule has 0 aliphatic rings. The molecule has 0 aliphatic carbocycles. The van der Waals surface area contributed by atoms with Crippen molar-refractivity contribution in [2.45, 2.75) is 0 Å². The van der Waals surface area contributed by atoms with E-state index in [-0.39, 0.29) is 0 Å². The van der Waals surface area contributed by atoms with Gasteiger partial charge in [0.05, 0.1) is 0 Å². The van der Waals surface area contributed by atoms with Gasteiger partial charge in [-0.1, -0.05) is 36.4 Å². The summed E-state index contributed by atoms with van der Waals surface area (Å²) in [5.74, 6) is 0. The second-order valence-electron chi connectivity index (χ2n) is 1.86. The second-order valence-corrected chi connectivity index (χ2v) is 1.86. The van der Waals surface area contributed by atoms with Gasteiger partial charge in [-0.05, 0) is 11.6 Å². The smallest absolute Gasteiger partial charge is 0.225 e. The molecular formula is C9H7O. The summed E-state index contributed by atoms with van der Waals surface area (Å²) in [5.41, 5.74) is 1.02. The maximum Gasteiger partial charge on any atom is 0.225 e. The molecule has 0 aromatic heterocycles. The molecule has 0 spiro atoms. The molecule has 49 valence electrons. The first kappa shape index (κ1) is 6.75. The predicted molar refractivity (Wildman–Crippen MR) is 41.2 cm³/mol. The van der Waals surface area contributed by atoms with E-state index in [1.165, 1.54) is 6.08 Å². The average molecular weight is 131 g/mol. The first-order chi connectivity index (χ1) is 4.93. The molecule has 0 fully saturated rings. The van der Waals surface area contributed by atoms with Crippen LogP contribution in [-0.4, -0.2) is 6.29 Å². The molecule has 0 bridgehead atoms. The summed E-state index contributed by atoms with van der Waals surface area (Å²) in [6, 6.07) is 9.62. The summed E-state index contributed by atoms with van der Waals surface area (Å²) in [5, 5.41) is 0. The quantitative estimate of drug-likeness (QED) is 0.559. The minimum absolute atomic E-state index is 1.02. The summed E-state index contributed by atoms with van der Waals surface area (Å²) in [6.45, 7) is 0. The minimum Gasteiger partial charge on any atom is -0.286 e. The van der Waals surface area contributed by atoms with E-state index in [4.69, 9.17) is 0 Å². The fourth-order valence-electron chi connectivity index (χ4n) is 0.694. The van der Waals surface area contributed by atoms with Gasteiger partial charge in [-0.2, -0.15) is 0 Å². The van der Waals surface area contributed by atoms with Crippen molar-refractivity contribution in [1.82, 2.24) is 0 Å². The molecular weight excluding hydrogens is 124 g/mol. The molecule has 1 aromatic rings. The van der Waals surface area contributed by atoms with Crippen LogP contribution in [-0.2, 0) is 4.79 Å². The van der Waals surface area contributed by atoms with Crippen molar-refractivity contribution >= 4 is 12.4 Å². The van der Waals surface area contributed by atoms with Crippen molar-refractivity contribution in [3.8, 4) is 0 Å². The van der Waals surface area contributed by atoms with Crippen LogP contribution in [0.3, 0.4) is 0 Å². The van der Waals surface area contributed by atoms with Gasteiger partial charge in [-0.3, -0.25) is 4.79 Å². The molecule has 0 saturated heterocycles. The van der Waals surface area contributed by atoms with Crippen LogP contribution in [0.1, 0.15) is 5.56 Å². The number of allylic oxidation sites excluding steroid dienone is 1. The Labute approximate surface area is 60.0 Å². The van der Waals surface area contributed by atoms with E-state index in [1.807, 2.05) is 30.3 Å². The van der Waals surface area contributed by atoms with Crippen LogP contribution in [0.5, 0.6) is 0 Å². The maximum absolute atomic E-state index is 9.77. The highest BCUT2D eigenvalue weighted by atomic mass is 16.1. The molecule has 1 nitrogen and oxygen atoms in total. The highest BCUT2D eigenvalue weighted by molar-refractivity contribution is 5.74.